The summed E-state index contributed by atoms with van der Waals surface area (Å²) < 4.78 is 1.81. The average molecular weight is 277 g/mol. The van der Waals surface area contributed by atoms with Crippen molar-refractivity contribution in [2.75, 3.05) is 0 Å². The maximum Gasteiger partial charge on any atom is 0.119 e. The zero-order valence-corrected chi connectivity index (χ0v) is 11.2. The molecule has 3 aromatic heterocycles. The van der Waals surface area contributed by atoms with Gasteiger partial charge >= 0.3 is 0 Å². The number of hydrogen-bond acceptors (Lipinski definition) is 4. The van der Waals surface area contributed by atoms with Gasteiger partial charge in [-0.15, -0.1) is 11.3 Å². The van der Waals surface area contributed by atoms with E-state index in [9.17, 15) is 0 Å². The highest BCUT2D eigenvalue weighted by atomic mass is 32.1. The van der Waals surface area contributed by atoms with Crippen molar-refractivity contribution >= 4 is 22.4 Å². The molecule has 0 aliphatic carbocycles. The predicted molar refractivity (Wildman–Crippen MR) is 78.8 cm³/mol. The van der Waals surface area contributed by atoms with Gasteiger partial charge in [0.2, 0.25) is 0 Å². The van der Waals surface area contributed by atoms with E-state index in [0.29, 0.717) is 0 Å². The van der Waals surface area contributed by atoms with E-state index in [4.69, 9.17) is 0 Å². The minimum Gasteiger partial charge on any atom is -0.243 e. The van der Waals surface area contributed by atoms with Gasteiger partial charge in [-0.2, -0.15) is 5.10 Å². The summed E-state index contributed by atoms with van der Waals surface area (Å²) in [6, 6.07) is 11.8. The summed E-state index contributed by atoms with van der Waals surface area (Å²) >= 11 is 1.64. The van der Waals surface area contributed by atoms with Crippen molar-refractivity contribution in [2.24, 2.45) is 0 Å². The van der Waals surface area contributed by atoms with E-state index < -0.39 is 0 Å². The number of thiophene rings is 1. The predicted octanol–water partition coefficient (Wildman–Crippen LogP) is 3.34. The first kappa shape index (κ1) is 11.3. The Balaban J connectivity index is 1.88. The molecule has 4 rings (SSSR count). The molecule has 0 bridgehead atoms. The zero-order valence-electron chi connectivity index (χ0n) is 10.4. The monoisotopic (exact) mass is 277 g/mol. The fourth-order valence-electron chi connectivity index (χ4n) is 2.04. The van der Waals surface area contributed by atoms with Crippen molar-refractivity contribution in [1.29, 1.82) is 0 Å². The van der Waals surface area contributed by atoms with Gasteiger partial charge in [-0.25, -0.2) is 14.6 Å². The van der Waals surface area contributed by atoms with Crippen LogP contribution in [-0.2, 0) is 0 Å². The quantitative estimate of drug-likeness (QED) is 0.564. The Hall–Kier alpha value is -2.53. The van der Waals surface area contributed by atoms with E-state index >= 15 is 0 Å². The van der Waals surface area contributed by atoms with Gasteiger partial charge < -0.3 is 0 Å². The summed E-state index contributed by atoms with van der Waals surface area (Å²) in [7, 11) is 0. The van der Waals surface area contributed by atoms with Crippen LogP contribution in [0.3, 0.4) is 0 Å². The Morgan fingerprint density at radius 1 is 1.10 bits per heavy atom. The third-order valence-corrected chi connectivity index (χ3v) is 3.87. The number of aromatic nitrogens is 4. The van der Waals surface area contributed by atoms with E-state index in [2.05, 4.69) is 21.3 Å². The lowest BCUT2D eigenvalue weighted by Gasteiger charge is -2.04. The number of benzene rings is 1. The molecule has 1 radical (unpaired) electrons. The molecule has 3 heterocycles. The van der Waals surface area contributed by atoms with Crippen LogP contribution in [0.2, 0.25) is 0 Å². The van der Waals surface area contributed by atoms with Gasteiger partial charge in [0.25, 0.3) is 0 Å². The van der Waals surface area contributed by atoms with Crippen molar-refractivity contribution < 1.29 is 0 Å². The summed E-state index contributed by atoms with van der Waals surface area (Å²) in [5, 5.41) is 6.25. The summed E-state index contributed by atoms with van der Waals surface area (Å²) in [4.78, 5) is 10.1. The largest absolute Gasteiger partial charge is 0.243 e. The van der Waals surface area contributed by atoms with Crippen LogP contribution < -0.4 is 0 Å². The molecule has 0 N–H and O–H groups in total. The Kier molecular flexibility index (Phi) is 2.57. The molecule has 0 aliphatic heterocycles. The van der Waals surface area contributed by atoms with Crippen LogP contribution in [0.4, 0.5) is 0 Å². The highest BCUT2D eigenvalue weighted by molar-refractivity contribution is 7.13. The van der Waals surface area contributed by atoms with Gasteiger partial charge in [-0.05, 0) is 35.7 Å². The van der Waals surface area contributed by atoms with Gasteiger partial charge in [-0.3, -0.25) is 0 Å². The van der Waals surface area contributed by atoms with Crippen LogP contribution in [0.1, 0.15) is 0 Å². The lowest BCUT2D eigenvalue weighted by molar-refractivity contribution is 0.881. The number of fused-ring (bicyclic) bond motifs is 1. The molecule has 4 nitrogen and oxygen atoms in total. The maximum atomic E-state index is 4.64. The van der Waals surface area contributed by atoms with Gasteiger partial charge in [0.1, 0.15) is 11.9 Å². The van der Waals surface area contributed by atoms with Crippen molar-refractivity contribution in [2.45, 2.75) is 0 Å². The van der Waals surface area contributed by atoms with E-state index in [1.807, 2.05) is 52.7 Å². The molecule has 0 fully saturated rings. The Morgan fingerprint density at radius 3 is 2.90 bits per heavy atom. The highest BCUT2D eigenvalue weighted by Gasteiger charge is 2.06. The average Bonchev–Trinajstić information content (AvgIpc) is 3.19. The summed E-state index contributed by atoms with van der Waals surface area (Å²) in [5.41, 5.74) is 3.44. The molecule has 0 saturated carbocycles. The van der Waals surface area contributed by atoms with Gasteiger partial charge in [0, 0.05) is 12.4 Å². The Morgan fingerprint density at radius 2 is 2.10 bits per heavy atom. The maximum absolute atomic E-state index is 4.64. The van der Waals surface area contributed by atoms with Gasteiger partial charge in [-0.1, -0.05) is 6.07 Å². The molecule has 0 unspecified atom stereocenters. The standard InChI is InChI=1S/C15H9N4S/c1-3-15(20-8-1)14-10-16-12-5-4-11(9-13(12)18-14)19-7-2-6-17-19/h1-9H. The van der Waals surface area contributed by atoms with Crippen molar-refractivity contribution in [3.63, 3.8) is 0 Å². The van der Waals surface area contributed by atoms with Gasteiger partial charge in [0.15, 0.2) is 0 Å². The Bertz CT molecular complexity index is 782. The van der Waals surface area contributed by atoms with Gasteiger partial charge in [0.05, 0.1) is 21.6 Å². The lowest BCUT2D eigenvalue weighted by Crippen LogP contribution is -1.95. The molecule has 0 spiro atoms. The molecule has 4 aromatic rings. The van der Waals surface area contributed by atoms with E-state index in [1.165, 1.54) is 0 Å². The molecule has 0 amide bonds. The lowest BCUT2D eigenvalue weighted by atomic mass is 10.2. The van der Waals surface area contributed by atoms with Crippen molar-refractivity contribution in [3.05, 3.63) is 60.4 Å². The smallest absolute Gasteiger partial charge is 0.119 e. The molecule has 0 saturated heterocycles. The first-order valence-electron chi connectivity index (χ1n) is 6.13. The zero-order chi connectivity index (χ0) is 13.4. The van der Waals surface area contributed by atoms with E-state index in [0.717, 1.165) is 27.3 Å². The molecule has 95 valence electrons. The summed E-state index contributed by atoms with van der Waals surface area (Å²) in [5.74, 6) is 0. The molecule has 20 heavy (non-hydrogen) atoms. The molecular weight excluding hydrogens is 268 g/mol. The molecule has 5 heteroatoms. The number of nitrogens with zero attached hydrogens (tertiary/aromatic N) is 4. The minimum atomic E-state index is 0.783. The second-order valence-electron chi connectivity index (χ2n) is 4.28. The molecular formula is C15H9N4S. The molecule has 0 atom stereocenters. The second kappa shape index (κ2) is 4.54. The first-order valence-corrected chi connectivity index (χ1v) is 7.01. The third kappa shape index (κ3) is 1.88. The van der Waals surface area contributed by atoms with E-state index in [1.54, 1.807) is 17.5 Å². The van der Waals surface area contributed by atoms with Crippen LogP contribution >= 0.6 is 11.3 Å². The van der Waals surface area contributed by atoms with Crippen molar-refractivity contribution in [3.8, 4) is 16.3 Å². The van der Waals surface area contributed by atoms with Crippen LogP contribution in [-0.4, -0.2) is 19.7 Å². The molecule has 1 aromatic carbocycles. The number of rotatable bonds is 2. The summed E-state index contributed by atoms with van der Waals surface area (Å²) in [6.45, 7) is 0. The van der Waals surface area contributed by atoms with Crippen LogP contribution in [0.15, 0.2) is 54.2 Å². The highest BCUT2D eigenvalue weighted by Crippen LogP contribution is 2.24. The topological polar surface area (TPSA) is 43.6 Å². The fraction of sp³-hybridized carbons (Fsp3) is 0. The summed E-state index contributed by atoms with van der Waals surface area (Å²) in [6.07, 6.45) is 6.66. The van der Waals surface area contributed by atoms with E-state index in [-0.39, 0.29) is 0 Å². The first-order chi connectivity index (χ1) is 9.90. The second-order valence-corrected chi connectivity index (χ2v) is 5.23. The Labute approximate surface area is 119 Å². The van der Waals surface area contributed by atoms with Crippen LogP contribution in [0, 0.1) is 6.20 Å². The third-order valence-electron chi connectivity index (χ3n) is 3.00. The minimum absolute atomic E-state index is 0.783. The fourth-order valence-corrected chi connectivity index (χ4v) is 2.71. The van der Waals surface area contributed by atoms with Crippen molar-refractivity contribution in [1.82, 2.24) is 19.7 Å². The van der Waals surface area contributed by atoms with Crippen LogP contribution in [0.25, 0.3) is 27.3 Å². The number of hydrogen-bond donors (Lipinski definition) is 0. The normalized spacial score (nSPS) is 11.0. The SMILES string of the molecule is [c]1nc2ccc(-n3cccn3)cc2nc1-c1cccs1. The molecule has 0 aliphatic rings. The van der Waals surface area contributed by atoms with Crippen LogP contribution in [0.5, 0.6) is 0 Å².